The van der Waals surface area contributed by atoms with Crippen molar-refractivity contribution in [2.45, 2.75) is 13.8 Å². The van der Waals surface area contributed by atoms with Crippen LogP contribution in [0.15, 0.2) is 42.5 Å². The van der Waals surface area contributed by atoms with E-state index in [9.17, 15) is 9.67 Å². The third-order valence-electron chi connectivity index (χ3n) is 1.90. The third-order valence-corrected chi connectivity index (χ3v) is 1.90. The molecule has 2 nitrogen and oxygen atoms in total. The molecule has 0 bridgehead atoms. The number of halogens is 3. The van der Waals surface area contributed by atoms with Crippen LogP contribution in [0, 0.1) is 45.1 Å². The number of hydrogen-bond donors (Lipinski definition) is 0. The summed E-state index contributed by atoms with van der Waals surface area (Å²) in [6, 6.07) is 13.4. The van der Waals surface area contributed by atoms with Crippen LogP contribution in [0.3, 0.4) is 0 Å². The van der Waals surface area contributed by atoms with Crippen LogP contribution in [0.1, 0.15) is 19.4 Å². The maximum atomic E-state index is 10.5. The Morgan fingerprint density at radius 2 is 1.45 bits per heavy atom. The van der Waals surface area contributed by atoms with Gasteiger partial charge in [0.2, 0.25) is 0 Å². The first-order valence-corrected chi connectivity index (χ1v) is 8.16. The number of fused-ring (bicyclic) bond motifs is 1. The van der Waals surface area contributed by atoms with Crippen molar-refractivity contribution in [3.8, 4) is 0 Å². The topological polar surface area (TPSA) is 34.1 Å². The van der Waals surface area contributed by atoms with Gasteiger partial charge >= 0.3 is 45.1 Å². The van der Waals surface area contributed by atoms with E-state index >= 15 is 0 Å². The van der Waals surface area contributed by atoms with Gasteiger partial charge in [0, 0.05) is 0 Å². The zero-order chi connectivity index (χ0) is 15.5. The average molecular weight is 422 g/mol. The first-order valence-electron chi connectivity index (χ1n) is 5.41. The Bertz CT molecular complexity index is 547. The summed E-state index contributed by atoms with van der Waals surface area (Å²) in [4.78, 5) is 19.9. The van der Waals surface area contributed by atoms with Crippen molar-refractivity contribution in [3.05, 3.63) is 48.0 Å². The number of benzene rings is 2. The van der Waals surface area contributed by atoms with E-state index in [2.05, 4.69) is 0 Å². The number of carbonyl (C=O) groups excluding carboxylic acids is 2. The first kappa shape index (κ1) is 19.4. The van der Waals surface area contributed by atoms with E-state index in [0.717, 1.165) is 10.8 Å². The van der Waals surface area contributed by atoms with Gasteiger partial charge in [-0.3, -0.25) is 0 Å². The molecule has 0 fully saturated rings. The van der Waals surface area contributed by atoms with E-state index in [0.29, 0.717) is 5.56 Å². The van der Waals surface area contributed by atoms with E-state index in [1.807, 2.05) is 42.7 Å². The SMILES string of the molecule is CC(C)=O.O=[C-]c1cccc2ccccc12.[F][Eu]([F])[F]. The van der Waals surface area contributed by atoms with Gasteiger partial charge in [-0.05, 0) is 13.8 Å². The first-order chi connectivity index (χ1) is 9.38. The molecule has 0 aliphatic carbocycles. The van der Waals surface area contributed by atoms with Gasteiger partial charge in [0.1, 0.15) is 5.78 Å². The van der Waals surface area contributed by atoms with E-state index < -0.39 is 45.1 Å². The predicted octanol–water partition coefficient (Wildman–Crippen LogP) is 4.15. The van der Waals surface area contributed by atoms with E-state index in [-0.39, 0.29) is 5.78 Å². The van der Waals surface area contributed by atoms with Crippen LogP contribution < -0.4 is 0 Å². The van der Waals surface area contributed by atoms with E-state index in [4.69, 9.17) is 0 Å². The number of rotatable bonds is 1. The van der Waals surface area contributed by atoms with Gasteiger partial charge in [0.05, 0.1) is 6.29 Å². The number of carbonyl (C=O) groups is 1. The molecule has 0 aliphatic heterocycles. The summed E-state index contributed by atoms with van der Waals surface area (Å²) in [5.41, 5.74) is 0.633. The summed E-state index contributed by atoms with van der Waals surface area (Å²) in [7, 11) is 0. The van der Waals surface area contributed by atoms with Crippen molar-refractivity contribution in [1.29, 1.82) is 0 Å². The van der Waals surface area contributed by atoms with E-state index in [1.165, 1.54) is 13.8 Å². The molecule has 0 unspecified atom stereocenters. The molecule has 20 heavy (non-hydrogen) atoms. The fraction of sp³-hybridized carbons (Fsp3) is 0.143. The van der Waals surface area contributed by atoms with Crippen LogP contribution in [0.25, 0.3) is 10.8 Å². The van der Waals surface area contributed by atoms with Gasteiger partial charge in [0.25, 0.3) is 0 Å². The van der Waals surface area contributed by atoms with Gasteiger partial charge in [0.15, 0.2) is 0 Å². The summed E-state index contributed by atoms with van der Waals surface area (Å²) in [6.07, 6.45) is 1.92. The van der Waals surface area contributed by atoms with Crippen molar-refractivity contribution in [2.24, 2.45) is 0 Å². The van der Waals surface area contributed by atoms with E-state index in [1.54, 1.807) is 6.07 Å². The molecule has 0 N–H and O–H groups in total. The zero-order valence-electron chi connectivity index (χ0n) is 10.9. The minimum atomic E-state index is -4.96. The Hall–Kier alpha value is -0.586. The summed E-state index contributed by atoms with van der Waals surface area (Å²) >= 11 is -4.96. The molecule has 0 saturated heterocycles. The monoisotopic (exact) mass is 423 g/mol. The molecule has 0 aliphatic rings. The second-order valence-electron chi connectivity index (χ2n) is 3.70. The molecule has 2 aromatic rings. The van der Waals surface area contributed by atoms with Crippen LogP contribution in [0.5, 0.6) is 0 Å². The molecule has 0 heterocycles. The minimum absolute atomic E-state index is 0.167. The molecule has 0 amide bonds. The molecule has 0 spiro atoms. The van der Waals surface area contributed by atoms with Crippen LogP contribution in [0.4, 0.5) is 0.0763 Å². The number of Topliss-reactive ketones (excluding diaryl/α,β-unsaturated/α-hetero) is 1. The van der Waals surface area contributed by atoms with Crippen molar-refractivity contribution in [3.63, 3.8) is 0 Å². The van der Waals surface area contributed by atoms with Gasteiger partial charge in [-0.2, -0.15) is 6.07 Å². The van der Waals surface area contributed by atoms with Crippen molar-refractivity contribution in [2.75, 3.05) is 0 Å². The Labute approximate surface area is 138 Å². The molecular formula is C14H13EuF3O2-. The Morgan fingerprint density at radius 3 is 1.95 bits per heavy atom. The molecule has 2 rings (SSSR count). The number of ketones is 1. The van der Waals surface area contributed by atoms with Crippen LogP contribution in [-0.4, -0.2) is 12.1 Å². The number of hydrogen-bond acceptors (Lipinski definition) is 2. The molecule has 6 heteroatoms. The quantitative estimate of drug-likeness (QED) is 0.648. The molecule has 0 radical (unpaired) electrons. The molecule has 110 valence electrons. The predicted molar refractivity (Wildman–Crippen MR) is 68.4 cm³/mol. The van der Waals surface area contributed by atoms with Gasteiger partial charge in [-0.1, -0.05) is 29.7 Å². The molecule has 0 aromatic heterocycles. The summed E-state index contributed by atoms with van der Waals surface area (Å²) < 4.78 is 29.6. The van der Waals surface area contributed by atoms with Gasteiger partial charge < -0.3 is 9.59 Å². The maximum absolute atomic E-state index is 10.5. The zero-order valence-corrected chi connectivity index (χ0v) is 13.3. The van der Waals surface area contributed by atoms with Gasteiger partial charge in [-0.15, -0.1) is 23.1 Å². The van der Waals surface area contributed by atoms with Crippen molar-refractivity contribution >= 4 is 22.8 Å². The van der Waals surface area contributed by atoms with Crippen molar-refractivity contribution < 1.29 is 54.7 Å². The second-order valence-corrected chi connectivity index (χ2v) is 4.74. The molecule has 0 saturated carbocycles. The molecule has 0 atom stereocenters. The van der Waals surface area contributed by atoms with Crippen molar-refractivity contribution in [1.82, 2.24) is 0 Å². The van der Waals surface area contributed by atoms with Crippen LogP contribution in [0.2, 0.25) is 0 Å². The van der Waals surface area contributed by atoms with Crippen LogP contribution >= 0.6 is 0 Å². The Kier molecular flexibility index (Phi) is 10.8. The van der Waals surface area contributed by atoms with Gasteiger partial charge in [-0.25, -0.2) is 0 Å². The summed E-state index contributed by atoms with van der Waals surface area (Å²) in [5.74, 6) is 0.167. The van der Waals surface area contributed by atoms with Crippen LogP contribution in [-0.2, 0) is 9.59 Å². The standard InChI is InChI=1S/C11H7O.C3H6O.Eu.3FH/c12-8-10-6-3-5-9-4-1-2-7-11(9)10;1-3(2)4;;;;/h1-7H;1-2H3;;3*1H/q-1;;+3;;;/p-3. The summed E-state index contributed by atoms with van der Waals surface area (Å²) in [5, 5.41) is 2.05. The molecular weight excluding hydrogens is 409 g/mol. The average Bonchev–Trinajstić information content (AvgIpc) is 2.36. The fourth-order valence-electron chi connectivity index (χ4n) is 1.31. The fourth-order valence-corrected chi connectivity index (χ4v) is 1.31. The Balaban J connectivity index is 0.000000380. The molecule has 2 aromatic carbocycles. The normalized spacial score (nSPS) is 9.55. The summed E-state index contributed by atoms with van der Waals surface area (Å²) in [6.45, 7) is 3.06. The Morgan fingerprint density at radius 1 is 1.00 bits per heavy atom. The third kappa shape index (κ3) is 9.34. The second kappa shape index (κ2) is 11.1.